The summed E-state index contributed by atoms with van der Waals surface area (Å²) in [6.07, 6.45) is 6.47. The van der Waals surface area contributed by atoms with E-state index in [0.717, 1.165) is 23.3 Å². The number of benzene rings is 1. The molecule has 124 valence electrons. The smallest absolute Gasteiger partial charge is 0.233 e. The van der Waals surface area contributed by atoms with Crippen molar-refractivity contribution >= 4 is 16.9 Å². The van der Waals surface area contributed by atoms with Crippen molar-refractivity contribution in [2.45, 2.75) is 45.1 Å². The molecule has 1 aromatic carbocycles. The van der Waals surface area contributed by atoms with E-state index in [0.29, 0.717) is 12.5 Å². The van der Waals surface area contributed by atoms with Crippen LogP contribution < -0.4 is 10.6 Å². The van der Waals surface area contributed by atoms with Crippen molar-refractivity contribution in [1.29, 1.82) is 0 Å². The fourth-order valence-electron chi connectivity index (χ4n) is 3.27. The van der Waals surface area contributed by atoms with E-state index in [2.05, 4.69) is 10.6 Å². The average Bonchev–Trinajstić information content (AvgIpc) is 3.03. The quantitative estimate of drug-likeness (QED) is 0.853. The number of para-hydroxylation sites is 1. The van der Waals surface area contributed by atoms with Crippen molar-refractivity contribution in [3.63, 3.8) is 0 Å². The van der Waals surface area contributed by atoms with Gasteiger partial charge in [-0.1, -0.05) is 37.5 Å². The van der Waals surface area contributed by atoms with Crippen LogP contribution in [0.3, 0.4) is 0 Å². The summed E-state index contributed by atoms with van der Waals surface area (Å²) in [4.78, 5) is 12.0. The summed E-state index contributed by atoms with van der Waals surface area (Å²) < 4.78 is 5.82. The van der Waals surface area contributed by atoms with E-state index >= 15 is 0 Å². The predicted octanol–water partition coefficient (Wildman–Crippen LogP) is 3.78. The second-order valence-corrected chi connectivity index (χ2v) is 6.60. The molecular weight excluding hydrogens is 288 g/mol. The van der Waals surface area contributed by atoms with Crippen LogP contribution in [0.5, 0.6) is 0 Å². The lowest BCUT2D eigenvalue weighted by molar-refractivity contribution is -0.120. The van der Waals surface area contributed by atoms with Crippen molar-refractivity contribution < 1.29 is 9.21 Å². The Hall–Kier alpha value is -1.81. The largest absolute Gasteiger partial charge is 0.459 e. The van der Waals surface area contributed by atoms with Crippen molar-refractivity contribution in [1.82, 2.24) is 10.6 Å². The molecule has 1 amide bonds. The first-order chi connectivity index (χ1) is 11.2. The van der Waals surface area contributed by atoms with Gasteiger partial charge in [0.05, 0.1) is 12.6 Å². The maximum Gasteiger partial charge on any atom is 0.233 e. The highest BCUT2D eigenvalue weighted by molar-refractivity contribution is 5.78. The zero-order valence-corrected chi connectivity index (χ0v) is 13.8. The predicted molar refractivity (Wildman–Crippen MR) is 92.2 cm³/mol. The maximum absolute atomic E-state index is 12.0. The van der Waals surface area contributed by atoms with Gasteiger partial charge in [0.15, 0.2) is 0 Å². The lowest BCUT2D eigenvalue weighted by atomic mass is 9.89. The molecule has 1 heterocycles. The van der Waals surface area contributed by atoms with Gasteiger partial charge >= 0.3 is 0 Å². The summed E-state index contributed by atoms with van der Waals surface area (Å²) in [6, 6.07) is 10.0. The molecule has 1 saturated carbocycles. The Morgan fingerprint density at radius 1 is 1.26 bits per heavy atom. The molecule has 0 spiro atoms. The zero-order chi connectivity index (χ0) is 16.1. The summed E-state index contributed by atoms with van der Waals surface area (Å²) in [5, 5.41) is 7.39. The minimum absolute atomic E-state index is 0.0165. The molecule has 0 radical (unpaired) electrons. The molecule has 0 bridgehead atoms. The van der Waals surface area contributed by atoms with Gasteiger partial charge in [-0.15, -0.1) is 0 Å². The van der Waals surface area contributed by atoms with Crippen LogP contribution in [0.15, 0.2) is 34.7 Å². The highest BCUT2D eigenvalue weighted by Crippen LogP contribution is 2.24. The number of carbonyl (C=O) groups is 1. The minimum Gasteiger partial charge on any atom is -0.459 e. The minimum atomic E-state index is 0.0165. The van der Waals surface area contributed by atoms with Gasteiger partial charge in [-0.3, -0.25) is 10.1 Å². The van der Waals surface area contributed by atoms with Gasteiger partial charge in [-0.2, -0.15) is 0 Å². The summed E-state index contributed by atoms with van der Waals surface area (Å²) in [6.45, 7) is 3.16. The molecule has 2 N–H and O–H groups in total. The SMILES string of the molecule is CC(NCC(=O)NCC1CCCCC1)c1cc2ccccc2o1. The molecule has 1 aliphatic rings. The first-order valence-corrected chi connectivity index (χ1v) is 8.71. The third-order valence-corrected chi connectivity index (χ3v) is 4.75. The van der Waals surface area contributed by atoms with E-state index in [-0.39, 0.29) is 11.9 Å². The molecule has 4 nitrogen and oxygen atoms in total. The number of nitrogens with one attached hydrogen (secondary N) is 2. The monoisotopic (exact) mass is 314 g/mol. The molecule has 3 rings (SSSR count). The van der Waals surface area contributed by atoms with Gasteiger partial charge < -0.3 is 9.73 Å². The molecule has 1 unspecified atom stereocenters. The van der Waals surface area contributed by atoms with Crippen LogP contribution in [0.2, 0.25) is 0 Å². The van der Waals surface area contributed by atoms with E-state index in [1.807, 2.05) is 37.3 Å². The lowest BCUT2D eigenvalue weighted by Crippen LogP contribution is -2.37. The Bertz CT molecular complexity index is 611. The number of amides is 1. The first-order valence-electron chi connectivity index (χ1n) is 8.71. The molecule has 1 aliphatic carbocycles. The number of hydrogen-bond donors (Lipinski definition) is 2. The van der Waals surface area contributed by atoms with Gasteiger partial charge in [0.2, 0.25) is 5.91 Å². The Kier molecular flexibility index (Phi) is 5.34. The van der Waals surface area contributed by atoms with E-state index in [1.165, 1.54) is 32.1 Å². The number of rotatable bonds is 6. The number of furan rings is 1. The second kappa shape index (κ2) is 7.64. The molecule has 0 aliphatic heterocycles. The van der Waals surface area contributed by atoms with Gasteiger partial charge in [-0.25, -0.2) is 0 Å². The molecule has 1 atom stereocenters. The molecule has 23 heavy (non-hydrogen) atoms. The standard InChI is InChI=1S/C19H26N2O2/c1-14(18-11-16-9-5-6-10-17(16)23-18)20-13-19(22)21-12-15-7-3-2-4-8-15/h5-6,9-11,14-15,20H,2-4,7-8,12-13H2,1H3,(H,21,22). The average molecular weight is 314 g/mol. The molecule has 2 aromatic rings. The van der Waals surface area contributed by atoms with Crippen molar-refractivity contribution in [3.05, 3.63) is 36.1 Å². The van der Waals surface area contributed by atoms with E-state index < -0.39 is 0 Å². The highest BCUT2D eigenvalue weighted by Gasteiger charge is 2.15. The van der Waals surface area contributed by atoms with Crippen molar-refractivity contribution in [3.8, 4) is 0 Å². The van der Waals surface area contributed by atoms with Crippen LogP contribution in [-0.4, -0.2) is 19.0 Å². The Labute approximate surface area is 137 Å². The first kappa shape index (κ1) is 16.1. The molecule has 1 fully saturated rings. The molecule has 4 heteroatoms. The van der Waals surface area contributed by atoms with Crippen molar-refractivity contribution in [2.24, 2.45) is 5.92 Å². The Balaban J connectivity index is 1.44. The summed E-state index contributed by atoms with van der Waals surface area (Å²) in [5.41, 5.74) is 0.887. The second-order valence-electron chi connectivity index (χ2n) is 6.60. The Morgan fingerprint density at radius 2 is 2.04 bits per heavy atom. The van der Waals surface area contributed by atoms with Gasteiger partial charge in [0.25, 0.3) is 0 Å². The number of hydrogen-bond acceptors (Lipinski definition) is 3. The fraction of sp³-hybridized carbons (Fsp3) is 0.526. The third-order valence-electron chi connectivity index (χ3n) is 4.75. The molecular formula is C19H26N2O2. The van der Waals surface area contributed by atoms with Crippen LogP contribution in [-0.2, 0) is 4.79 Å². The van der Waals surface area contributed by atoms with Crippen LogP contribution in [0.25, 0.3) is 11.0 Å². The Morgan fingerprint density at radius 3 is 2.83 bits per heavy atom. The summed E-state index contributed by atoms with van der Waals surface area (Å²) in [7, 11) is 0. The highest BCUT2D eigenvalue weighted by atomic mass is 16.3. The number of carbonyl (C=O) groups excluding carboxylic acids is 1. The topological polar surface area (TPSA) is 54.3 Å². The van der Waals surface area contributed by atoms with E-state index in [9.17, 15) is 4.79 Å². The maximum atomic E-state index is 12.0. The third kappa shape index (κ3) is 4.35. The van der Waals surface area contributed by atoms with Gasteiger partial charge in [0, 0.05) is 11.9 Å². The fourth-order valence-corrected chi connectivity index (χ4v) is 3.27. The van der Waals surface area contributed by atoms with Crippen molar-refractivity contribution in [2.75, 3.05) is 13.1 Å². The van der Waals surface area contributed by atoms with Crippen LogP contribution in [0.1, 0.15) is 50.8 Å². The lowest BCUT2D eigenvalue weighted by Gasteiger charge is -2.22. The van der Waals surface area contributed by atoms with Crippen LogP contribution in [0, 0.1) is 5.92 Å². The van der Waals surface area contributed by atoms with E-state index in [1.54, 1.807) is 0 Å². The molecule has 1 aromatic heterocycles. The normalized spacial score (nSPS) is 17.3. The van der Waals surface area contributed by atoms with Gasteiger partial charge in [0.1, 0.15) is 11.3 Å². The van der Waals surface area contributed by atoms with Crippen LogP contribution in [0.4, 0.5) is 0 Å². The number of fused-ring (bicyclic) bond motifs is 1. The summed E-state index contributed by atoms with van der Waals surface area (Å²) in [5.74, 6) is 1.60. The van der Waals surface area contributed by atoms with Crippen LogP contribution >= 0.6 is 0 Å². The van der Waals surface area contributed by atoms with E-state index in [4.69, 9.17) is 4.42 Å². The molecule has 0 saturated heterocycles. The summed E-state index contributed by atoms with van der Waals surface area (Å²) >= 11 is 0. The van der Waals surface area contributed by atoms with Gasteiger partial charge in [-0.05, 0) is 37.8 Å². The zero-order valence-electron chi connectivity index (χ0n) is 13.8.